The van der Waals surface area contributed by atoms with Gasteiger partial charge in [0.1, 0.15) is 6.07 Å². The number of nitrogens with zero attached hydrogens (tertiary/aromatic N) is 1. The highest BCUT2D eigenvalue weighted by molar-refractivity contribution is 5.95. The van der Waals surface area contributed by atoms with Gasteiger partial charge < -0.3 is 5.73 Å². The number of hydrogen-bond donors (Lipinski definition) is 3. The number of nitriles is 1. The molecule has 8 heavy (non-hydrogen) atoms. The molecule has 0 fully saturated rings. The van der Waals surface area contributed by atoms with Crippen LogP contribution in [0.5, 0.6) is 0 Å². The van der Waals surface area contributed by atoms with Crippen LogP contribution in [0, 0.1) is 11.3 Å². The quantitative estimate of drug-likeness (QED) is 0.197. The molecule has 0 rings (SSSR count). The van der Waals surface area contributed by atoms with Crippen molar-refractivity contribution < 1.29 is 5.41 Å². The van der Waals surface area contributed by atoms with Gasteiger partial charge in [-0.2, -0.15) is 5.26 Å². The molecule has 0 aliphatic carbocycles. The van der Waals surface area contributed by atoms with Crippen molar-refractivity contribution in [3.8, 4) is 6.07 Å². The van der Waals surface area contributed by atoms with Crippen molar-refractivity contribution in [3.63, 3.8) is 0 Å². The van der Waals surface area contributed by atoms with Crippen molar-refractivity contribution in [1.82, 2.24) is 0 Å². The molecule has 0 atom stereocenters. The van der Waals surface area contributed by atoms with Crippen LogP contribution in [0.4, 0.5) is 0 Å². The highest BCUT2D eigenvalue weighted by Crippen LogP contribution is 1.80. The number of rotatable bonds is 1. The Hall–Kier alpha value is -1.50. The van der Waals surface area contributed by atoms with Crippen LogP contribution in [0.15, 0.2) is 11.8 Å². The van der Waals surface area contributed by atoms with Gasteiger partial charge in [-0.25, -0.2) is 0 Å². The van der Waals surface area contributed by atoms with Crippen LogP contribution in [0.25, 0.3) is 0 Å². The molecule has 0 bridgehead atoms. The van der Waals surface area contributed by atoms with Crippen molar-refractivity contribution >= 4 is 5.84 Å². The van der Waals surface area contributed by atoms with E-state index < -0.39 is 0 Å². The molecule has 4 heteroatoms. The fourth-order valence-corrected chi connectivity index (χ4v) is 0.198. The molecule has 0 amide bonds. The minimum atomic E-state index is -0.0463. The van der Waals surface area contributed by atoms with Gasteiger partial charge in [-0.3, -0.25) is 11.1 Å². The van der Waals surface area contributed by atoms with Crippen molar-refractivity contribution in [2.24, 2.45) is 11.5 Å². The molecule has 0 aromatic carbocycles. The zero-order valence-electron chi connectivity index (χ0n) is 4.26. The van der Waals surface area contributed by atoms with E-state index >= 15 is 0 Å². The maximum atomic E-state index is 8.12. The molecule has 0 radical (unpaired) electrons. The van der Waals surface area contributed by atoms with Crippen LogP contribution in [0.1, 0.15) is 0 Å². The Labute approximate surface area is 46.9 Å². The van der Waals surface area contributed by atoms with E-state index in [1.54, 1.807) is 6.07 Å². The standard InChI is InChI=1S/C4H6N4/c5-1-3(2-6)4(7)8/h1H,5H2,(H3,7,8)/p+1. The van der Waals surface area contributed by atoms with Gasteiger partial charge in [0.25, 0.3) is 5.84 Å². The zero-order valence-corrected chi connectivity index (χ0v) is 4.26. The van der Waals surface area contributed by atoms with Crippen LogP contribution < -0.4 is 16.9 Å². The van der Waals surface area contributed by atoms with E-state index in [-0.39, 0.29) is 11.4 Å². The SMILES string of the molecule is N#CC(=CN)C(N)=[NH2+]. The van der Waals surface area contributed by atoms with Crippen LogP contribution >= 0.6 is 0 Å². The fourth-order valence-electron chi connectivity index (χ4n) is 0.198. The van der Waals surface area contributed by atoms with Crippen LogP contribution in [-0.4, -0.2) is 5.84 Å². The van der Waals surface area contributed by atoms with Crippen LogP contribution in [-0.2, 0) is 0 Å². The Bertz CT molecular complexity index is 161. The van der Waals surface area contributed by atoms with E-state index in [0.29, 0.717) is 0 Å². The van der Waals surface area contributed by atoms with E-state index in [9.17, 15) is 0 Å². The molecule has 4 nitrogen and oxygen atoms in total. The van der Waals surface area contributed by atoms with Crippen LogP contribution in [0.3, 0.4) is 0 Å². The second-order valence-electron chi connectivity index (χ2n) is 1.15. The first kappa shape index (κ1) is 6.50. The van der Waals surface area contributed by atoms with Crippen molar-refractivity contribution in [2.45, 2.75) is 0 Å². The normalized spacial score (nSPS) is 10.1. The monoisotopic (exact) mass is 111 g/mol. The summed E-state index contributed by atoms with van der Waals surface area (Å²) in [7, 11) is 0. The van der Waals surface area contributed by atoms with Gasteiger partial charge in [0.2, 0.25) is 0 Å². The minimum Gasteiger partial charge on any atom is -0.403 e. The van der Waals surface area contributed by atoms with Gasteiger partial charge in [0.05, 0.1) is 0 Å². The molecular weight excluding hydrogens is 104 g/mol. The maximum absolute atomic E-state index is 8.12. The van der Waals surface area contributed by atoms with Gasteiger partial charge in [-0.15, -0.1) is 0 Å². The summed E-state index contributed by atoms with van der Waals surface area (Å²) in [5, 5.41) is 13.1. The second-order valence-corrected chi connectivity index (χ2v) is 1.15. The molecule has 0 aromatic rings. The van der Waals surface area contributed by atoms with Gasteiger partial charge in [0.15, 0.2) is 5.57 Å². The van der Waals surface area contributed by atoms with Crippen molar-refractivity contribution in [2.75, 3.05) is 0 Å². The lowest BCUT2D eigenvalue weighted by molar-refractivity contribution is -0.114. The third-order valence-electron chi connectivity index (χ3n) is 0.598. The highest BCUT2D eigenvalue weighted by atomic mass is 14.7. The Balaban J connectivity index is 4.20. The maximum Gasteiger partial charge on any atom is 0.283 e. The number of amidine groups is 1. The fraction of sp³-hybridized carbons (Fsp3) is 0. The molecule has 0 aliphatic heterocycles. The van der Waals surface area contributed by atoms with Gasteiger partial charge in [0, 0.05) is 6.20 Å². The Morgan fingerprint density at radius 2 is 2.25 bits per heavy atom. The van der Waals surface area contributed by atoms with Gasteiger partial charge in [-0.05, 0) is 0 Å². The summed E-state index contributed by atoms with van der Waals surface area (Å²) < 4.78 is 0. The third kappa shape index (κ3) is 1.30. The van der Waals surface area contributed by atoms with E-state index in [0.717, 1.165) is 6.20 Å². The topological polar surface area (TPSA) is 101 Å². The molecule has 0 heterocycles. The summed E-state index contributed by atoms with van der Waals surface area (Å²) >= 11 is 0. The van der Waals surface area contributed by atoms with E-state index in [1.807, 2.05) is 0 Å². The first-order valence-electron chi connectivity index (χ1n) is 1.92. The third-order valence-corrected chi connectivity index (χ3v) is 0.598. The Morgan fingerprint density at radius 1 is 1.75 bits per heavy atom. The first-order chi connectivity index (χ1) is 3.72. The molecule has 6 N–H and O–H groups in total. The summed E-state index contributed by atoms with van der Waals surface area (Å²) in [6, 6.07) is 1.70. The zero-order chi connectivity index (χ0) is 6.57. The van der Waals surface area contributed by atoms with E-state index in [1.165, 1.54) is 0 Å². The lowest BCUT2D eigenvalue weighted by atomic mass is 10.3. The number of nitrogens with two attached hydrogens (primary N) is 3. The van der Waals surface area contributed by atoms with Gasteiger partial charge in [-0.1, -0.05) is 0 Å². The highest BCUT2D eigenvalue weighted by Gasteiger charge is 2.00. The predicted octanol–water partition coefficient (Wildman–Crippen LogP) is -2.53. The first-order valence-corrected chi connectivity index (χ1v) is 1.92. The van der Waals surface area contributed by atoms with Crippen molar-refractivity contribution in [1.29, 1.82) is 5.26 Å². The average Bonchev–Trinajstić information content (AvgIpc) is 1.69. The second kappa shape index (κ2) is 2.64. The molecule has 0 aliphatic rings. The van der Waals surface area contributed by atoms with Crippen LogP contribution in [0.2, 0.25) is 0 Å². The predicted molar refractivity (Wildman–Crippen MR) is 29.0 cm³/mol. The Morgan fingerprint density at radius 3 is 2.25 bits per heavy atom. The lowest BCUT2D eigenvalue weighted by Crippen LogP contribution is -2.46. The summed E-state index contributed by atoms with van der Waals surface area (Å²) in [5.41, 5.74) is 10.0. The molecule has 0 saturated heterocycles. The minimum absolute atomic E-state index is 0.0463. The summed E-state index contributed by atoms with van der Waals surface area (Å²) in [4.78, 5) is 0. The lowest BCUT2D eigenvalue weighted by Gasteiger charge is -1.80. The molecule has 0 unspecified atom stereocenters. The van der Waals surface area contributed by atoms with Gasteiger partial charge >= 0.3 is 0 Å². The molecule has 0 aromatic heterocycles. The van der Waals surface area contributed by atoms with Crippen molar-refractivity contribution in [3.05, 3.63) is 11.8 Å². The molecular formula is C4H7N4+. The summed E-state index contributed by atoms with van der Waals surface area (Å²) in [6.45, 7) is 0. The molecule has 0 spiro atoms. The Kier molecular flexibility index (Phi) is 2.14. The van der Waals surface area contributed by atoms with E-state index in [2.05, 4.69) is 0 Å². The summed E-state index contributed by atoms with van der Waals surface area (Å²) in [5.74, 6) is -0.0463. The number of hydrogen-bond acceptors (Lipinski definition) is 2. The molecule has 42 valence electrons. The largest absolute Gasteiger partial charge is 0.403 e. The average molecular weight is 111 g/mol. The van der Waals surface area contributed by atoms with E-state index in [4.69, 9.17) is 22.1 Å². The smallest absolute Gasteiger partial charge is 0.283 e. The summed E-state index contributed by atoms with van der Waals surface area (Å²) in [6.07, 6.45) is 1.06. The molecule has 0 saturated carbocycles.